The average molecular weight is 312 g/mol. The number of thiazole rings is 1. The quantitative estimate of drug-likeness (QED) is 0.728. The van der Waals surface area contributed by atoms with E-state index < -0.39 is 10.0 Å². The van der Waals surface area contributed by atoms with Gasteiger partial charge >= 0.3 is 0 Å². The van der Waals surface area contributed by atoms with Crippen LogP contribution in [0.2, 0.25) is 0 Å². The van der Waals surface area contributed by atoms with Crippen LogP contribution >= 0.6 is 11.3 Å². The van der Waals surface area contributed by atoms with E-state index in [-0.39, 0.29) is 4.90 Å². The summed E-state index contributed by atoms with van der Waals surface area (Å²) >= 11 is 1.60. The first-order valence-corrected chi connectivity index (χ1v) is 8.20. The van der Waals surface area contributed by atoms with Crippen LogP contribution in [0.4, 0.5) is 11.4 Å². The number of benzene rings is 1. The maximum atomic E-state index is 11.7. The van der Waals surface area contributed by atoms with Crippen LogP contribution < -0.4 is 15.8 Å². The van der Waals surface area contributed by atoms with Gasteiger partial charge in [-0.15, -0.1) is 11.3 Å². The minimum absolute atomic E-state index is 0.150. The Morgan fingerprint density at radius 1 is 1.40 bits per heavy atom. The normalized spacial score (nSPS) is 11.5. The summed E-state index contributed by atoms with van der Waals surface area (Å²) < 4.78 is 25.6. The van der Waals surface area contributed by atoms with E-state index in [9.17, 15) is 8.42 Å². The number of nitrogens with two attached hydrogens (primary N) is 1. The van der Waals surface area contributed by atoms with Crippen LogP contribution in [0.3, 0.4) is 0 Å². The molecule has 2 rings (SSSR count). The first-order chi connectivity index (χ1) is 9.42. The van der Waals surface area contributed by atoms with Crippen LogP contribution in [0.5, 0.6) is 0 Å². The summed E-state index contributed by atoms with van der Waals surface area (Å²) in [5, 5.41) is 4.17. The molecule has 1 aromatic heterocycles. The summed E-state index contributed by atoms with van der Waals surface area (Å²) in [6.45, 7) is 2.55. The molecule has 108 valence electrons. The Morgan fingerprint density at radius 3 is 2.70 bits per heavy atom. The first-order valence-electron chi connectivity index (χ1n) is 5.90. The molecule has 0 bridgehead atoms. The number of hydrogen-bond acceptors (Lipinski definition) is 6. The lowest BCUT2D eigenvalue weighted by Gasteiger charge is -2.10. The number of nitrogens with zero attached hydrogens (tertiary/aromatic N) is 1. The SMILES string of the molecule is CNS(=O)(=O)c1ccc(NCc2cnc(C)s2)c(N)c1. The molecule has 1 aromatic carbocycles. The highest BCUT2D eigenvalue weighted by atomic mass is 32.2. The Hall–Kier alpha value is -1.64. The van der Waals surface area contributed by atoms with Crippen LogP contribution in [0.1, 0.15) is 9.88 Å². The Morgan fingerprint density at radius 2 is 2.15 bits per heavy atom. The van der Waals surface area contributed by atoms with Crippen LogP contribution in [-0.2, 0) is 16.6 Å². The molecule has 2 aromatic rings. The minimum atomic E-state index is -3.47. The number of anilines is 2. The highest BCUT2D eigenvalue weighted by molar-refractivity contribution is 7.89. The van der Waals surface area contributed by atoms with Crippen molar-refractivity contribution in [3.8, 4) is 0 Å². The monoisotopic (exact) mass is 312 g/mol. The Kier molecular flexibility index (Phi) is 4.26. The van der Waals surface area contributed by atoms with E-state index in [1.165, 1.54) is 19.2 Å². The van der Waals surface area contributed by atoms with Crippen molar-refractivity contribution in [2.75, 3.05) is 18.1 Å². The second-order valence-electron chi connectivity index (χ2n) is 4.16. The molecule has 0 atom stereocenters. The standard InChI is InChI=1S/C12H16N4O2S2/c1-8-15-6-9(19-8)7-16-12-4-3-10(5-11(12)13)20(17,18)14-2/h3-6,14,16H,7,13H2,1-2H3. The largest absolute Gasteiger partial charge is 0.397 e. The van der Waals surface area contributed by atoms with E-state index in [1.54, 1.807) is 17.4 Å². The zero-order chi connectivity index (χ0) is 14.8. The van der Waals surface area contributed by atoms with E-state index in [2.05, 4.69) is 15.0 Å². The number of hydrogen-bond donors (Lipinski definition) is 3. The molecule has 8 heteroatoms. The second-order valence-corrected chi connectivity index (χ2v) is 7.36. The van der Waals surface area contributed by atoms with E-state index in [0.29, 0.717) is 17.9 Å². The van der Waals surface area contributed by atoms with E-state index in [4.69, 9.17) is 5.73 Å². The number of aromatic nitrogens is 1. The Bertz CT molecular complexity index is 710. The van der Waals surface area contributed by atoms with Crippen molar-refractivity contribution in [3.05, 3.63) is 34.3 Å². The third kappa shape index (κ3) is 3.27. The van der Waals surface area contributed by atoms with Crippen LogP contribution in [0, 0.1) is 6.92 Å². The second kappa shape index (κ2) is 5.78. The van der Waals surface area contributed by atoms with E-state index in [0.717, 1.165) is 9.88 Å². The lowest BCUT2D eigenvalue weighted by molar-refractivity contribution is 0.588. The van der Waals surface area contributed by atoms with Crippen LogP contribution in [0.25, 0.3) is 0 Å². The molecule has 4 N–H and O–H groups in total. The number of rotatable bonds is 5. The molecule has 0 unspecified atom stereocenters. The fraction of sp³-hybridized carbons (Fsp3) is 0.250. The van der Waals surface area contributed by atoms with Gasteiger partial charge in [0.05, 0.1) is 27.8 Å². The van der Waals surface area contributed by atoms with Crippen molar-refractivity contribution in [2.24, 2.45) is 0 Å². The third-order valence-electron chi connectivity index (χ3n) is 2.72. The molecule has 0 saturated heterocycles. The van der Waals surface area contributed by atoms with E-state index in [1.807, 2.05) is 13.1 Å². The van der Waals surface area contributed by atoms with Gasteiger partial charge in [-0.05, 0) is 32.2 Å². The van der Waals surface area contributed by atoms with Crippen LogP contribution in [-0.4, -0.2) is 20.4 Å². The van der Waals surface area contributed by atoms with E-state index >= 15 is 0 Å². The third-order valence-corrected chi connectivity index (χ3v) is 5.05. The summed E-state index contributed by atoms with van der Waals surface area (Å²) in [6.07, 6.45) is 1.81. The number of sulfonamides is 1. The molecular weight excluding hydrogens is 296 g/mol. The Labute approximate surface area is 122 Å². The molecule has 0 aliphatic carbocycles. The highest BCUT2D eigenvalue weighted by Crippen LogP contribution is 2.23. The topological polar surface area (TPSA) is 97.1 Å². The molecule has 20 heavy (non-hydrogen) atoms. The maximum absolute atomic E-state index is 11.7. The summed E-state index contributed by atoms with van der Waals surface area (Å²) in [5.74, 6) is 0. The van der Waals surface area contributed by atoms with Gasteiger partial charge < -0.3 is 11.1 Å². The van der Waals surface area contributed by atoms with Gasteiger partial charge in [0.25, 0.3) is 0 Å². The highest BCUT2D eigenvalue weighted by Gasteiger charge is 2.12. The fourth-order valence-corrected chi connectivity index (χ4v) is 3.16. The van der Waals surface area contributed by atoms with Crippen molar-refractivity contribution in [1.29, 1.82) is 0 Å². The van der Waals surface area contributed by atoms with Gasteiger partial charge in [0.1, 0.15) is 0 Å². The molecule has 0 fully saturated rings. The molecule has 6 nitrogen and oxygen atoms in total. The van der Waals surface area contributed by atoms with Gasteiger partial charge in [-0.1, -0.05) is 0 Å². The van der Waals surface area contributed by atoms with Gasteiger partial charge in [0.15, 0.2) is 0 Å². The average Bonchev–Trinajstić information content (AvgIpc) is 2.83. The number of aryl methyl sites for hydroxylation is 1. The molecule has 0 amide bonds. The van der Waals surface area contributed by atoms with Crippen molar-refractivity contribution >= 4 is 32.7 Å². The van der Waals surface area contributed by atoms with Crippen molar-refractivity contribution in [2.45, 2.75) is 18.4 Å². The molecular formula is C12H16N4O2S2. The predicted molar refractivity (Wildman–Crippen MR) is 81.3 cm³/mol. The molecule has 0 aliphatic rings. The van der Waals surface area contributed by atoms with Crippen molar-refractivity contribution in [1.82, 2.24) is 9.71 Å². The summed E-state index contributed by atoms with van der Waals surface area (Å²) in [7, 11) is -2.10. The zero-order valence-corrected chi connectivity index (χ0v) is 12.8. The number of nitrogens with one attached hydrogen (secondary N) is 2. The minimum Gasteiger partial charge on any atom is -0.397 e. The molecule has 0 spiro atoms. The Balaban J connectivity index is 2.14. The van der Waals surface area contributed by atoms with Gasteiger partial charge in [-0.25, -0.2) is 18.1 Å². The fourth-order valence-electron chi connectivity index (χ4n) is 1.66. The van der Waals surface area contributed by atoms with Gasteiger partial charge in [0, 0.05) is 11.1 Å². The summed E-state index contributed by atoms with van der Waals surface area (Å²) in [6, 6.07) is 4.61. The lowest BCUT2D eigenvalue weighted by atomic mass is 10.2. The summed E-state index contributed by atoms with van der Waals surface area (Å²) in [4.78, 5) is 5.41. The van der Waals surface area contributed by atoms with Gasteiger partial charge in [-0.3, -0.25) is 0 Å². The van der Waals surface area contributed by atoms with Crippen molar-refractivity contribution in [3.63, 3.8) is 0 Å². The van der Waals surface area contributed by atoms with Gasteiger partial charge in [0.2, 0.25) is 10.0 Å². The molecule has 0 saturated carbocycles. The first kappa shape index (κ1) is 14.8. The van der Waals surface area contributed by atoms with Crippen molar-refractivity contribution < 1.29 is 8.42 Å². The molecule has 0 radical (unpaired) electrons. The maximum Gasteiger partial charge on any atom is 0.240 e. The van der Waals surface area contributed by atoms with Crippen LogP contribution in [0.15, 0.2) is 29.3 Å². The predicted octanol–water partition coefficient (Wildman–Crippen LogP) is 1.55. The summed E-state index contributed by atoms with van der Waals surface area (Å²) in [5.41, 5.74) is 6.97. The molecule has 0 aliphatic heterocycles. The van der Waals surface area contributed by atoms with Gasteiger partial charge in [-0.2, -0.15) is 0 Å². The smallest absolute Gasteiger partial charge is 0.240 e. The zero-order valence-electron chi connectivity index (χ0n) is 11.2. The molecule has 1 heterocycles. The number of nitrogen functional groups attached to an aromatic ring is 1. The lowest BCUT2D eigenvalue weighted by Crippen LogP contribution is -2.18.